The summed E-state index contributed by atoms with van der Waals surface area (Å²) in [6.45, 7) is 1.75. The van der Waals surface area contributed by atoms with Crippen LogP contribution in [-0.2, 0) is 27.7 Å². The van der Waals surface area contributed by atoms with Crippen LogP contribution < -0.4 is 5.32 Å². The molecule has 2 aromatic rings. The lowest BCUT2D eigenvalue weighted by Gasteiger charge is -2.15. The van der Waals surface area contributed by atoms with Crippen LogP contribution in [0.1, 0.15) is 24.0 Å². The second kappa shape index (κ2) is 8.47. The van der Waals surface area contributed by atoms with Crippen molar-refractivity contribution < 1.29 is 13.2 Å². The predicted octanol–water partition coefficient (Wildman–Crippen LogP) is 2.37. The third-order valence-corrected chi connectivity index (χ3v) is 6.48. The number of sulfonamides is 1. The minimum atomic E-state index is -3.36. The molecule has 6 heteroatoms. The van der Waals surface area contributed by atoms with Crippen LogP contribution in [0, 0.1) is 0 Å². The Bertz CT molecular complexity index is 827. The zero-order chi connectivity index (χ0) is 18.4. The molecule has 0 spiro atoms. The minimum Gasteiger partial charge on any atom is -0.355 e. The standard InChI is InChI=1S/C20H24N2O3S/c23-20(16-18-6-2-1-3-7-18)21-13-12-17-8-10-19(11-9-17)26(24,25)22-14-4-5-15-22/h1-3,6-11H,4-5,12-16H2,(H,21,23). The Kier molecular flexibility index (Phi) is 6.06. The number of carbonyl (C=O) groups excluding carboxylic acids is 1. The summed E-state index contributed by atoms with van der Waals surface area (Å²) in [5.74, 6) is -0.00979. The van der Waals surface area contributed by atoms with Gasteiger partial charge in [0.25, 0.3) is 0 Å². The third-order valence-electron chi connectivity index (χ3n) is 4.57. The highest BCUT2D eigenvalue weighted by Gasteiger charge is 2.26. The number of carbonyl (C=O) groups is 1. The van der Waals surface area contributed by atoms with Crippen molar-refractivity contribution in [3.63, 3.8) is 0 Å². The van der Waals surface area contributed by atoms with Gasteiger partial charge in [-0.1, -0.05) is 42.5 Å². The fraction of sp³-hybridized carbons (Fsp3) is 0.350. The summed E-state index contributed by atoms with van der Waals surface area (Å²) >= 11 is 0. The van der Waals surface area contributed by atoms with Crippen molar-refractivity contribution in [3.05, 3.63) is 65.7 Å². The highest BCUT2D eigenvalue weighted by atomic mass is 32.2. The van der Waals surface area contributed by atoms with Crippen LogP contribution in [-0.4, -0.2) is 38.3 Å². The SMILES string of the molecule is O=C(Cc1ccccc1)NCCc1ccc(S(=O)(=O)N2CCCC2)cc1. The Hall–Kier alpha value is -2.18. The van der Waals surface area contributed by atoms with Gasteiger partial charge in [-0.3, -0.25) is 4.79 Å². The van der Waals surface area contributed by atoms with E-state index < -0.39 is 10.0 Å². The van der Waals surface area contributed by atoms with E-state index in [0.717, 1.165) is 24.0 Å². The predicted molar refractivity (Wildman–Crippen MR) is 101 cm³/mol. The third kappa shape index (κ3) is 4.71. The second-order valence-electron chi connectivity index (χ2n) is 6.52. The molecule has 1 aliphatic heterocycles. The first-order chi connectivity index (χ1) is 12.6. The molecule has 3 rings (SSSR count). The summed E-state index contributed by atoms with van der Waals surface area (Å²) in [6.07, 6.45) is 2.90. The van der Waals surface area contributed by atoms with Crippen molar-refractivity contribution >= 4 is 15.9 Å². The van der Waals surface area contributed by atoms with Crippen molar-refractivity contribution in [3.8, 4) is 0 Å². The molecular formula is C20H24N2O3S. The minimum absolute atomic E-state index is 0.00979. The molecule has 0 bridgehead atoms. The maximum Gasteiger partial charge on any atom is 0.243 e. The summed E-state index contributed by atoms with van der Waals surface area (Å²) < 4.78 is 26.5. The molecule has 0 saturated carbocycles. The van der Waals surface area contributed by atoms with Gasteiger partial charge in [0, 0.05) is 19.6 Å². The van der Waals surface area contributed by atoms with E-state index in [1.807, 2.05) is 42.5 Å². The summed E-state index contributed by atoms with van der Waals surface area (Å²) in [5.41, 5.74) is 1.99. The van der Waals surface area contributed by atoms with Gasteiger partial charge in [0.15, 0.2) is 0 Å². The molecule has 0 aliphatic carbocycles. The summed E-state index contributed by atoms with van der Waals surface area (Å²) in [4.78, 5) is 12.3. The Morgan fingerprint density at radius 2 is 1.58 bits per heavy atom. The van der Waals surface area contributed by atoms with E-state index in [1.54, 1.807) is 16.4 Å². The van der Waals surface area contributed by atoms with Crippen molar-refractivity contribution in [1.29, 1.82) is 0 Å². The molecule has 0 radical (unpaired) electrons. The monoisotopic (exact) mass is 372 g/mol. The maximum atomic E-state index is 12.5. The van der Waals surface area contributed by atoms with Crippen LogP contribution in [0.25, 0.3) is 0 Å². The number of rotatable bonds is 7. The van der Waals surface area contributed by atoms with Gasteiger partial charge in [-0.05, 0) is 42.5 Å². The van der Waals surface area contributed by atoms with Gasteiger partial charge in [-0.15, -0.1) is 0 Å². The molecule has 0 atom stereocenters. The van der Waals surface area contributed by atoms with Crippen molar-refractivity contribution in [2.45, 2.75) is 30.6 Å². The second-order valence-corrected chi connectivity index (χ2v) is 8.46. The van der Waals surface area contributed by atoms with E-state index >= 15 is 0 Å². The van der Waals surface area contributed by atoms with Gasteiger partial charge in [-0.2, -0.15) is 4.31 Å². The normalized spacial score (nSPS) is 15.1. The lowest BCUT2D eigenvalue weighted by atomic mass is 10.1. The van der Waals surface area contributed by atoms with E-state index in [1.165, 1.54) is 0 Å². The van der Waals surface area contributed by atoms with E-state index in [2.05, 4.69) is 5.32 Å². The fourth-order valence-electron chi connectivity index (χ4n) is 3.10. The van der Waals surface area contributed by atoms with E-state index in [9.17, 15) is 13.2 Å². The van der Waals surface area contributed by atoms with Crippen LogP contribution in [0.15, 0.2) is 59.5 Å². The first-order valence-corrected chi connectivity index (χ1v) is 10.4. The Morgan fingerprint density at radius 3 is 2.23 bits per heavy atom. The van der Waals surface area contributed by atoms with Gasteiger partial charge < -0.3 is 5.32 Å². The van der Waals surface area contributed by atoms with Crippen LogP contribution in [0.5, 0.6) is 0 Å². The molecule has 1 fully saturated rings. The largest absolute Gasteiger partial charge is 0.355 e. The molecule has 2 aromatic carbocycles. The maximum absolute atomic E-state index is 12.5. The van der Waals surface area contributed by atoms with Gasteiger partial charge in [-0.25, -0.2) is 8.42 Å². The van der Waals surface area contributed by atoms with Crippen LogP contribution in [0.4, 0.5) is 0 Å². The Balaban J connectivity index is 1.49. The molecule has 0 unspecified atom stereocenters. The molecule has 5 nitrogen and oxygen atoms in total. The van der Waals surface area contributed by atoms with Crippen molar-refractivity contribution in [2.75, 3.05) is 19.6 Å². The van der Waals surface area contributed by atoms with Crippen molar-refractivity contribution in [1.82, 2.24) is 9.62 Å². The van der Waals surface area contributed by atoms with Crippen LogP contribution >= 0.6 is 0 Å². The number of nitrogens with zero attached hydrogens (tertiary/aromatic N) is 1. The number of nitrogens with one attached hydrogen (secondary N) is 1. The lowest BCUT2D eigenvalue weighted by molar-refractivity contribution is -0.120. The van der Waals surface area contributed by atoms with E-state index in [0.29, 0.717) is 37.4 Å². The fourth-order valence-corrected chi connectivity index (χ4v) is 4.61. The Labute approximate surface area is 155 Å². The first-order valence-electron chi connectivity index (χ1n) is 8.95. The number of benzene rings is 2. The number of hydrogen-bond donors (Lipinski definition) is 1. The zero-order valence-corrected chi connectivity index (χ0v) is 15.5. The molecule has 1 aliphatic rings. The van der Waals surface area contributed by atoms with Crippen molar-refractivity contribution in [2.24, 2.45) is 0 Å². The molecule has 1 N–H and O–H groups in total. The first kappa shape index (κ1) is 18.6. The molecule has 1 saturated heterocycles. The average molecular weight is 372 g/mol. The Morgan fingerprint density at radius 1 is 0.923 bits per heavy atom. The lowest BCUT2D eigenvalue weighted by Crippen LogP contribution is -2.28. The summed E-state index contributed by atoms with van der Waals surface area (Å²) in [7, 11) is -3.36. The topological polar surface area (TPSA) is 66.5 Å². The summed E-state index contributed by atoms with van der Waals surface area (Å²) in [5, 5.41) is 2.90. The van der Waals surface area contributed by atoms with E-state index in [-0.39, 0.29) is 5.91 Å². The molecular weight excluding hydrogens is 348 g/mol. The number of hydrogen-bond acceptors (Lipinski definition) is 3. The molecule has 1 amide bonds. The highest BCUT2D eigenvalue weighted by molar-refractivity contribution is 7.89. The van der Waals surface area contributed by atoms with E-state index in [4.69, 9.17) is 0 Å². The zero-order valence-electron chi connectivity index (χ0n) is 14.7. The van der Waals surface area contributed by atoms with Gasteiger partial charge in [0.2, 0.25) is 15.9 Å². The van der Waals surface area contributed by atoms with Crippen LogP contribution in [0.2, 0.25) is 0 Å². The van der Waals surface area contributed by atoms with Gasteiger partial charge in [0.05, 0.1) is 11.3 Å². The van der Waals surface area contributed by atoms with Gasteiger partial charge >= 0.3 is 0 Å². The molecule has 1 heterocycles. The van der Waals surface area contributed by atoms with Crippen LogP contribution in [0.3, 0.4) is 0 Å². The quantitative estimate of drug-likeness (QED) is 0.811. The molecule has 0 aromatic heterocycles. The number of amides is 1. The molecule has 26 heavy (non-hydrogen) atoms. The summed E-state index contributed by atoms with van der Waals surface area (Å²) in [6, 6.07) is 16.6. The smallest absolute Gasteiger partial charge is 0.243 e. The highest BCUT2D eigenvalue weighted by Crippen LogP contribution is 2.21. The van der Waals surface area contributed by atoms with Gasteiger partial charge in [0.1, 0.15) is 0 Å². The molecule has 138 valence electrons. The average Bonchev–Trinajstić information content (AvgIpc) is 3.19.